The molecular formula is C18H22N3S2+. The van der Waals surface area contributed by atoms with Crippen LogP contribution in [-0.4, -0.2) is 10.1 Å². The second-order valence-electron chi connectivity index (χ2n) is 5.58. The maximum Gasteiger partial charge on any atom is 0.410 e. The highest BCUT2D eigenvalue weighted by molar-refractivity contribution is 8.00. The fourth-order valence-electron chi connectivity index (χ4n) is 2.53. The Balaban J connectivity index is 1.86. The van der Waals surface area contributed by atoms with Crippen molar-refractivity contribution in [1.82, 2.24) is 10.1 Å². The number of benzene rings is 1. The lowest BCUT2D eigenvalue weighted by molar-refractivity contribution is -0.590. The lowest BCUT2D eigenvalue weighted by atomic mass is 10.2. The van der Waals surface area contributed by atoms with Crippen molar-refractivity contribution in [3.8, 4) is 0 Å². The number of thioether (sulfide) groups is 1. The molecule has 0 atom stereocenters. The third kappa shape index (κ3) is 4.09. The average molecular weight is 345 g/mol. The Labute approximate surface area is 145 Å². The molecule has 5 heteroatoms. The van der Waals surface area contributed by atoms with E-state index in [1.807, 2.05) is 4.52 Å². The van der Waals surface area contributed by atoms with Gasteiger partial charge in [-0.2, -0.15) is 0 Å². The van der Waals surface area contributed by atoms with Gasteiger partial charge in [0, 0.05) is 24.7 Å². The van der Waals surface area contributed by atoms with Crippen LogP contribution < -0.4 is 4.52 Å². The van der Waals surface area contributed by atoms with E-state index in [9.17, 15) is 0 Å². The minimum Gasteiger partial charge on any atom is -0.0869 e. The smallest absolute Gasteiger partial charge is 0.0869 e. The molecule has 0 N–H and O–H groups in total. The molecule has 3 nitrogen and oxygen atoms in total. The Hall–Kier alpha value is -1.46. The van der Waals surface area contributed by atoms with Gasteiger partial charge in [0.1, 0.15) is 5.69 Å². The van der Waals surface area contributed by atoms with Crippen molar-refractivity contribution in [3.05, 3.63) is 53.3 Å². The highest BCUT2D eigenvalue weighted by atomic mass is 32.2. The quantitative estimate of drug-likeness (QED) is 0.468. The van der Waals surface area contributed by atoms with Gasteiger partial charge in [-0.25, -0.2) is 0 Å². The molecule has 0 bridgehead atoms. The first-order valence-corrected chi connectivity index (χ1v) is 9.98. The summed E-state index contributed by atoms with van der Waals surface area (Å²) < 4.78 is 3.13. The summed E-state index contributed by atoms with van der Waals surface area (Å²) >= 11 is 3.49. The Morgan fingerprint density at radius 2 is 1.87 bits per heavy atom. The highest BCUT2D eigenvalue weighted by Gasteiger charge is 2.19. The zero-order chi connectivity index (χ0) is 16.1. The number of aryl methyl sites for hydroxylation is 2. The van der Waals surface area contributed by atoms with Crippen LogP contribution in [0.3, 0.4) is 0 Å². The van der Waals surface area contributed by atoms with Crippen molar-refractivity contribution in [2.75, 3.05) is 0 Å². The number of nitrogens with zero attached hydrogens (tertiary/aromatic N) is 3. The van der Waals surface area contributed by atoms with E-state index in [1.165, 1.54) is 17.0 Å². The van der Waals surface area contributed by atoms with Crippen LogP contribution in [-0.2, 0) is 18.6 Å². The summed E-state index contributed by atoms with van der Waals surface area (Å²) in [5, 5.41) is 4.78. The summed E-state index contributed by atoms with van der Waals surface area (Å²) in [6.45, 7) is 4.41. The lowest BCUT2D eigenvalue weighted by Gasteiger charge is -1.97. The van der Waals surface area contributed by atoms with Crippen LogP contribution in [0.15, 0.2) is 40.7 Å². The normalized spacial score (nSPS) is 11.2. The number of rotatable bonds is 7. The van der Waals surface area contributed by atoms with Crippen molar-refractivity contribution in [2.45, 2.75) is 49.6 Å². The molecule has 3 rings (SSSR count). The number of aromatic nitrogens is 3. The third-order valence-electron chi connectivity index (χ3n) is 3.60. The predicted octanol–water partition coefficient (Wildman–Crippen LogP) is 4.47. The van der Waals surface area contributed by atoms with Crippen LogP contribution in [0.25, 0.3) is 4.96 Å². The monoisotopic (exact) mass is 344 g/mol. The molecule has 0 saturated carbocycles. The maximum absolute atomic E-state index is 4.79. The fraction of sp³-hybridized carbons (Fsp3) is 0.389. The van der Waals surface area contributed by atoms with Gasteiger partial charge in [-0.3, -0.25) is 0 Å². The van der Waals surface area contributed by atoms with Crippen molar-refractivity contribution in [2.24, 2.45) is 0 Å². The van der Waals surface area contributed by atoms with Crippen LogP contribution in [0.1, 0.15) is 43.6 Å². The van der Waals surface area contributed by atoms with Gasteiger partial charge in [0.15, 0.2) is 5.69 Å². The molecule has 0 amide bonds. The zero-order valence-corrected chi connectivity index (χ0v) is 15.3. The molecule has 0 aliphatic rings. The summed E-state index contributed by atoms with van der Waals surface area (Å²) in [4.78, 5) is 5.81. The molecule has 3 aromatic rings. The first-order valence-electron chi connectivity index (χ1n) is 8.18. The first kappa shape index (κ1) is 16.4. The Kier molecular flexibility index (Phi) is 5.62. The molecule has 0 aliphatic heterocycles. The molecule has 2 aromatic heterocycles. The van der Waals surface area contributed by atoms with E-state index in [-0.39, 0.29) is 0 Å². The van der Waals surface area contributed by atoms with E-state index >= 15 is 0 Å². The molecule has 0 fully saturated rings. The largest absolute Gasteiger partial charge is 0.410 e. The Bertz CT molecular complexity index is 769. The molecule has 120 valence electrons. The molecule has 0 unspecified atom stereocenters. The van der Waals surface area contributed by atoms with Gasteiger partial charge in [-0.1, -0.05) is 65.6 Å². The predicted molar refractivity (Wildman–Crippen MR) is 97.1 cm³/mol. The second kappa shape index (κ2) is 7.88. The molecule has 0 spiro atoms. The lowest BCUT2D eigenvalue weighted by Crippen LogP contribution is -2.30. The molecule has 0 saturated heterocycles. The van der Waals surface area contributed by atoms with Crippen molar-refractivity contribution in [1.29, 1.82) is 0 Å². The molecule has 23 heavy (non-hydrogen) atoms. The molecule has 0 aliphatic carbocycles. The van der Waals surface area contributed by atoms with Gasteiger partial charge in [0.05, 0.1) is 0 Å². The molecular weight excluding hydrogens is 322 g/mol. The van der Waals surface area contributed by atoms with Crippen LogP contribution in [0.4, 0.5) is 0 Å². The van der Waals surface area contributed by atoms with E-state index < -0.39 is 0 Å². The van der Waals surface area contributed by atoms with Gasteiger partial charge in [0.2, 0.25) is 4.34 Å². The number of hydrogen-bond acceptors (Lipinski definition) is 4. The SMILES string of the molecule is CCCc1cc(CCC)[n+]2nc(SCc3ccccc3)sc2n1. The Morgan fingerprint density at radius 1 is 1.09 bits per heavy atom. The van der Waals surface area contributed by atoms with Gasteiger partial charge in [0.25, 0.3) is 0 Å². The Morgan fingerprint density at radius 3 is 2.61 bits per heavy atom. The summed E-state index contributed by atoms with van der Waals surface area (Å²) in [7, 11) is 0. The molecule has 1 aromatic carbocycles. The van der Waals surface area contributed by atoms with Crippen LogP contribution in [0.5, 0.6) is 0 Å². The van der Waals surface area contributed by atoms with Crippen LogP contribution in [0.2, 0.25) is 0 Å². The second-order valence-corrected chi connectivity index (χ2v) is 7.75. The molecule has 0 radical (unpaired) electrons. The summed E-state index contributed by atoms with van der Waals surface area (Å²) in [6, 6.07) is 12.8. The van der Waals surface area contributed by atoms with E-state index in [4.69, 9.17) is 10.1 Å². The van der Waals surface area contributed by atoms with Gasteiger partial charge in [-0.05, 0) is 34.7 Å². The average Bonchev–Trinajstić information content (AvgIpc) is 2.98. The number of hydrogen-bond donors (Lipinski definition) is 0. The molecule has 2 heterocycles. The van der Waals surface area contributed by atoms with Crippen LogP contribution in [0, 0.1) is 0 Å². The van der Waals surface area contributed by atoms with E-state index in [2.05, 4.69) is 50.2 Å². The maximum atomic E-state index is 4.79. The number of fused-ring (bicyclic) bond motifs is 1. The van der Waals surface area contributed by atoms with E-state index in [0.29, 0.717) is 0 Å². The van der Waals surface area contributed by atoms with Gasteiger partial charge >= 0.3 is 4.96 Å². The minimum absolute atomic E-state index is 0.951. The van der Waals surface area contributed by atoms with Crippen molar-refractivity contribution < 1.29 is 4.52 Å². The topological polar surface area (TPSA) is 29.9 Å². The first-order chi connectivity index (χ1) is 11.3. The third-order valence-corrected chi connectivity index (χ3v) is 5.72. The summed E-state index contributed by atoms with van der Waals surface area (Å²) in [6.07, 6.45) is 4.34. The summed E-state index contributed by atoms with van der Waals surface area (Å²) in [5.41, 5.74) is 3.80. The van der Waals surface area contributed by atoms with Crippen LogP contribution >= 0.6 is 23.1 Å². The van der Waals surface area contributed by atoms with E-state index in [1.54, 1.807) is 23.1 Å². The standard InChI is InChI=1S/C18H22N3S2/c1-3-8-15-12-16(9-4-2)21-17(19-15)23-18(20-21)22-13-14-10-6-5-7-11-14/h5-7,10-12H,3-4,8-9,13H2,1-2H3/q+1. The highest BCUT2D eigenvalue weighted by Crippen LogP contribution is 2.25. The van der Waals surface area contributed by atoms with Gasteiger partial charge in [-0.15, -0.1) is 0 Å². The summed E-state index contributed by atoms with van der Waals surface area (Å²) in [5.74, 6) is 0.951. The van der Waals surface area contributed by atoms with Gasteiger partial charge < -0.3 is 0 Å². The van der Waals surface area contributed by atoms with Crippen molar-refractivity contribution >= 4 is 28.1 Å². The zero-order valence-electron chi connectivity index (χ0n) is 13.7. The minimum atomic E-state index is 0.951. The fourth-order valence-corrected chi connectivity index (χ4v) is 4.47. The van der Waals surface area contributed by atoms with E-state index in [0.717, 1.165) is 40.7 Å². The van der Waals surface area contributed by atoms with Crippen molar-refractivity contribution in [3.63, 3.8) is 0 Å².